The second-order valence-electron chi connectivity index (χ2n) is 4.12. The van der Waals surface area contributed by atoms with Crippen molar-refractivity contribution in [1.82, 2.24) is 15.2 Å². The average Bonchev–Trinajstić information content (AvgIpc) is 2.65. The molecule has 0 spiro atoms. The summed E-state index contributed by atoms with van der Waals surface area (Å²) in [6.07, 6.45) is 1.24. The van der Waals surface area contributed by atoms with E-state index >= 15 is 0 Å². The van der Waals surface area contributed by atoms with Crippen molar-refractivity contribution in [2.75, 3.05) is 0 Å². The lowest BCUT2D eigenvalue weighted by Gasteiger charge is -1.99. The van der Waals surface area contributed by atoms with Crippen molar-refractivity contribution in [3.63, 3.8) is 0 Å². The molecular weight excluding hydrogens is 327 g/mol. The van der Waals surface area contributed by atoms with Crippen LogP contribution in [0.2, 0.25) is 0 Å². The van der Waals surface area contributed by atoms with E-state index in [4.69, 9.17) is 0 Å². The fourth-order valence-electron chi connectivity index (χ4n) is 1.61. The molecular formula is C13H12BrFN4O. The largest absolute Gasteiger partial charge is 0.271 e. The first-order valence-electron chi connectivity index (χ1n) is 5.77. The predicted octanol–water partition coefficient (Wildman–Crippen LogP) is 2.39. The fraction of sp³-hybridized carbons (Fsp3) is 0.154. The Hall–Kier alpha value is -2.02. The summed E-state index contributed by atoms with van der Waals surface area (Å²) in [6, 6.07) is 6.82. The molecule has 0 aliphatic rings. The van der Waals surface area contributed by atoms with Gasteiger partial charge in [-0.25, -0.2) is 10.1 Å². The number of aryl methyl sites for hydroxylation is 2. The Balaban J connectivity index is 2.06. The van der Waals surface area contributed by atoms with Crippen LogP contribution in [0.15, 0.2) is 33.8 Å². The first-order valence-corrected chi connectivity index (χ1v) is 6.56. The molecule has 0 aliphatic heterocycles. The number of hydrazone groups is 1. The molecule has 1 amide bonds. The highest BCUT2D eigenvalue weighted by Gasteiger charge is 2.10. The van der Waals surface area contributed by atoms with Crippen LogP contribution in [0.25, 0.3) is 0 Å². The third-order valence-corrected chi connectivity index (χ3v) is 3.19. The lowest BCUT2D eigenvalue weighted by molar-refractivity contribution is 0.0955. The lowest BCUT2D eigenvalue weighted by Crippen LogP contribution is -2.17. The van der Waals surface area contributed by atoms with E-state index in [1.807, 2.05) is 0 Å². The normalized spacial score (nSPS) is 11.0. The second kappa shape index (κ2) is 5.96. The number of benzene rings is 1. The molecule has 0 unspecified atom stereocenters. The Morgan fingerprint density at radius 3 is 2.65 bits per heavy atom. The fourth-order valence-corrected chi connectivity index (χ4v) is 1.88. The van der Waals surface area contributed by atoms with Gasteiger partial charge in [-0.05, 0) is 31.2 Å². The molecule has 1 N–H and O–H groups in total. The molecule has 20 heavy (non-hydrogen) atoms. The number of nitrogens with one attached hydrogen (secondary N) is 1. The number of halogens is 2. The molecule has 1 aromatic carbocycles. The van der Waals surface area contributed by atoms with E-state index in [1.165, 1.54) is 13.3 Å². The van der Waals surface area contributed by atoms with E-state index in [-0.39, 0.29) is 11.5 Å². The Bertz CT molecular complexity index is 664. The first kappa shape index (κ1) is 14.4. The number of hydrogen-bond acceptors (Lipinski definition) is 3. The summed E-state index contributed by atoms with van der Waals surface area (Å²) >= 11 is 3.28. The van der Waals surface area contributed by atoms with Gasteiger partial charge in [-0.2, -0.15) is 14.6 Å². The number of carbonyl (C=O) groups is 1. The summed E-state index contributed by atoms with van der Waals surface area (Å²) < 4.78 is 15.6. The van der Waals surface area contributed by atoms with Crippen LogP contribution in [0, 0.1) is 12.9 Å². The van der Waals surface area contributed by atoms with Crippen LogP contribution in [0.3, 0.4) is 0 Å². The Kier molecular flexibility index (Phi) is 4.29. The monoisotopic (exact) mass is 338 g/mol. The van der Waals surface area contributed by atoms with Gasteiger partial charge in [0.25, 0.3) is 5.91 Å². The van der Waals surface area contributed by atoms with E-state index in [1.54, 1.807) is 31.2 Å². The molecule has 5 nitrogen and oxygen atoms in total. The van der Waals surface area contributed by atoms with E-state index in [9.17, 15) is 9.18 Å². The highest BCUT2D eigenvalue weighted by molar-refractivity contribution is 9.10. The Labute approximate surface area is 123 Å². The third-order valence-electron chi connectivity index (χ3n) is 2.66. The highest BCUT2D eigenvalue weighted by Crippen LogP contribution is 2.10. The standard InChI is InChI=1S/C13H12BrFN4O/c1-8-11(12(15)19(2)18-8)7-16-17-13(20)9-3-5-10(14)6-4-9/h3-7H,1-2H3,(H,17,20). The quantitative estimate of drug-likeness (QED) is 0.690. The van der Waals surface area contributed by atoms with Crippen LogP contribution in [0.5, 0.6) is 0 Å². The molecule has 0 aliphatic carbocycles. The lowest BCUT2D eigenvalue weighted by atomic mass is 10.2. The number of rotatable bonds is 3. The average molecular weight is 339 g/mol. The minimum absolute atomic E-state index is 0.253. The van der Waals surface area contributed by atoms with Crippen LogP contribution >= 0.6 is 15.9 Å². The van der Waals surface area contributed by atoms with Gasteiger partial charge in [-0.1, -0.05) is 15.9 Å². The maximum Gasteiger partial charge on any atom is 0.271 e. The molecule has 7 heteroatoms. The summed E-state index contributed by atoms with van der Waals surface area (Å²) in [7, 11) is 1.50. The van der Waals surface area contributed by atoms with Crippen molar-refractivity contribution in [2.24, 2.45) is 12.1 Å². The van der Waals surface area contributed by atoms with Crippen LogP contribution in [-0.4, -0.2) is 21.9 Å². The minimum Gasteiger partial charge on any atom is -0.267 e. The van der Waals surface area contributed by atoms with Crippen molar-refractivity contribution >= 4 is 28.1 Å². The second-order valence-corrected chi connectivity index (χ2v) is 5.04. The molecule has 2 rings (SSSR count). The SMILES string of the molecule is Cc1nn(C)c(F)c1C=NNC(=O)c1ccc(Br)cc1. The minimum atomic E-state index is -0.496. The van der Waals surface area contributed by atoms with Gasteiger partial charge < -0.3 is 0 Å². The number of carbonyl (C=O) groups excluding carboxylic acids is 1. The molecule has 0 saturated carbocycles. The number of aromatic nitrogens is 2. The van der Waals surface area contributed by atoms with Crippen molar-refractivity contribution in [3.8, 4) is 0 Å². The van der Waals surface area contributed by atoms with Crippen molar-refractivity contribution in [2.45, 2.75) is 6.92 Å². The molecule has 0 fully saturated rings. The van der Waals surface area contributed by atoms with Crippen molar-refractivity contribution in [3.05, 3.63) is 51.5 Å². The predicted molar refractivity (Wildman–Crippen MR) is 77.1 cm³/mol. The van der Waals surface area contributed by atoms with Gasteiger partial charge >= 0.3 is 0 Å². The van der Waals surface area contributed by atoms with Crippen molar-refractivity contribution < 1.29 is 9.18 Å². The number of hydrogen-bond donors (Lipinski definition) is 1. The summed E-state index contributed by atoms with van der Waals surface area (Å²) in [4.78, 5) is 11.8. The molecule has 0 atom stereocenters. The molecule has 0 radical (unpaired) electrons. The van der Waals surface area contributed by atoms with E-state index < -0.39 is 5.95 Å². The topological polar surface area (TPSA) is 59.3 Å². The van der Waals surface area contributed by atoms with Gasteiger partial charge in [0.05, 0.1) is 17.5 Å². The van der Waals surface area contributed by atoms with Gasteiger partial charge in [0.1, 0.15) is 0 Å². The molecule has 0 bridgehead atoms. The zero-order valence-electron chi connectivity index (χ0n) is 10.9. The summed E-state index contributed by atoms with van der Waals surface area (Å²) in [5.74, 6) is -0.861. The summed E-state index contributed by atoms with van der Waals surface area (Å²) in [6.45, 7) is 1.67. The van der Waals surface area contributed by atoms with Crippen LogP contribution in [-0.2, 0) is 7.05 Å². The number of nitrogens with zero attached hydrogens (tertiary/aromatic N) is 3. The van der Waals surface area contributed by atoms with E-state index in [0.717, 1.165) is 9.15 Å². The Morgan fingerprint density at radius 2 is 2.10 bits per heavy atom. The van der Waals surface area contributed by atoms with Crippen LogP contribution < -0.4 is 5.43 Å². The molecule has 2 aromatic rings. The maximum absolute atomic E-state index is 13.6. The van der Waals surface area contributed by atoms with Gasteiger partial charge in [0.15, 0.2) is 0 Å². The summed E-state index contributed by atoms with van der Waals surface area (Å²) in [5.41, 5.74) is 3.57. The van der Waals surface area contributed by atoms with Crippen LogP contribution in [0.4, 0.5) is 4.39 Å². The van der Waals surface area contributed by atoms with Gasteiger partial charge in [0.2, 0.25) is 5.95 Å². The maximum atomic E-state index is 13.6. The Morgan fingerprint density at radius 1 is 1.45 bits per heavy atom. The first-order chi connectivity index (χ1) is 9.49. The van der Waals surface area contributed by atoms with Gasteiger partial charge in [-0.3, -0.25) is 4.79 Å². The molecule has 1 heterocycles. The van der Waals surface area contributed by atoms with Gasteiger partial charge in [-0.15, -0.1) is 0 Å². The van der Waals surface area contributed by atoms with Crippen LogP contribution in [0.1, 0.15) is 21.6 Å². The summed E-state index contributed by atoms with van der Waals surface area (Å²) in [5, 5.41) is 7.65. The zero-order valence-corrected chi connectivity index (χ0v) is 12.5. The smallest absolute Gasteiger partial charge is 0.267 e. The van der Waals surface area contributed by atoms with E-state index in [2.05, 4.69) is 31.6 Å². The van der Waals surface area contributed by atoms with E-state index in [0.29, 0.717) is 11.3 Å². The van der Waals surface area contributed by atoms with Gasteiger partial charge in [0, 0.05) is 17.1 Å². The molecule has 0 saturated heterocycles. The third kappa shape index (κ3) is 3.11. The highest BCUT2D eigenvalue weighted by atomic mass is 79.9. The molecule has 1 aromatic heterocycles. The molecule has 104 valence electrons. The number of amides is 1. The zero-order chi connectivity index (χ0) is 14.7. The van der Waals surface area contributed by atoms with Crippen molar-refractivity contribution in [1.29, 1.82) is 0 Å².